The molecule has 0 saturated heterocycles. The van der Waals surface area contributed by atoms with E-state index in [0.29, 0.717) is 0 Å². The molecule has 2 rings (SSSR count). The van der Waals surface area contributed by atoms with Crippen LogP contribution in [0.25, 0.3) is 0 Å². The van der Waals surface area contributed by atoms with Crippen LogP contribution >= 0.6 is 27.3 Å². The van der Waals surface area contributed by atoms with Gasteiger partial charge in [0.15, 0.2) is 9.84 Å². The summed E-state index contributed by atoms with van der Waals surface area (Å²) in [4.78, 5) is 0.289. The minimum atomic E-state index is -3.22. The van der Waals surface area contributed by atoms with Gasteiger partial charge in [0.25, 0.3) is 0 Å². The summed E-state index contributed by atoms with van der Waals surface area (Å²) in [5.74, 6) is 5.61. The quantitative estimate of drug-likeness (QED) is 0.648. The lowest BCUT2D eigenvalue weighted by Gasteiger charge is -2.16. The molecular formula is C12H13BrN2O2S2. The Morgan fingerprint density at radius 2 is 2.11 bits per heavy atom. The number of benzene rings is 1. The molecule has 2 aromatic rings. The maximum absolute atomic E-state index is 11.6. The summed E-state index contributed by atoms with van der Waals surface area (Å²) >= 11 is 5.01. The van der Waals surface area contributed by atoms with Crippen LogP contribution in [0.2, 0.25) is 0 Å². The maximum atomic E-state index is 11.6. The van der Waals surface area contributed by atoms with Crippen LogP contribution in [0.1, 0.15) is 17.2 Å². The Morgan fingerprint density at radius 3 is 2.63 bits per heavy atom. The first kappa shape index (κ1) is 14.7. The van der Waals surface area contributed by atoms with Crippen molar-refractivity contribution in [2.45, 2.75) is 10.9 Å². The van der Waals surface area contributed by atoms with Gasteiger partial charge in [0, 0.05) is 16.1 Å². The molecule has 19 heavy (non-hydrogen) atoms. The molecule has 3 N–H and O–H groups in total. The van der Waals surface area contributed by atoms with Crippen molar-refractivity contribution in [3.05, 3.63) is 50.6 Å². The van der Waals surface area contributed by atoms with Crippen LogP contribution in [0.3, 0.4) is 0 Å². The third-order valence-corrected chi connectivity index (χ3v) is 5.60. The maximum Gasteiger partial charge on any atom is 0.175 e. The van der Waals surface area contributed by atoms with Crippen LogP contribution in [0, 0.1) is 0 Å². The molecule has 1 heterocycles. The monoisotopic (exact) mass is 360 g/mol. The fraction of sp³-hybridized carbons (Fsp3) is 0.167. The van der Waals surface area contributed by atoms with E-state index in [0.717, 1.165) is 15.6 Å². The lowest BCUT2D eigenvalue weighted by Crippen LogP contribution is -2.28. The molecule has 0 fully saturated rings. The Hall–Kier alpha value is -0.730. The lowest BCUT2D eigenvalue weighted by atomic mass is 10.0. The zero-order valence-electron chi connectivity index (χ0n) is 10.1. The number of sulfone groups is 1. The van der Waals surface area contributed by atoms with E-state index in [1.165, 1.54) is 6.26 Å². The zero-order chi connectivity index (χ0) is 14.0. The molecule has 0 bridgehead atoms. The molecule has 0 aliphatic carbocycles. The average Bonchev–Trinajstić information content (AvgIpc) is 2.76. The van der Waals surface area contributed by atoms with E-state index >= 15 is 0 Å². The van der Waals surface area contributed by atoms with E-state index in [-0.39, 0.29) is 10.9 Å². The molecule has 0 amide bonds. The Morgan fingerprint density at radius 1 is 1.37 bits per heavy atom. The summed E-state index contributed by atoms with van der Waals surface area (Å²) in [5, 5.41) is 3.93. The number of hydrazine groups is 1. The second-order valence-corrected chi connectivity index (χ2v) is 7.73. The molecule has 0 aliphatic heterocycles. The van der Waals surface area contributed by atoms with Gasteiger partial charge >= 0.3 is 0 Å². The van der Waals surface area contributed by atoms with Gasteiger partial charge in [-0.3, -0.25) is 5.84 Å². The molecule has 0 saturated carbocycles. The van der Waals surface area contributed by atoms with E-state index < -0.39 is 9.84 Å². The molecule has 0 spiro atoms. The van der Waals surface area contributed by atoms with Crippen molar-refractivity contribution in [2.24, 2.45) is 5.84 Å². The van der Waals surface area contributed by atoms with Gasteiger partial charge in [-0.05, 0) is 44.6 Å². The van der Waals surface area contributed by atoms with Crippen molar-refractivity contribution in [3.8, 4) is 0 Å². The van der Waals surface area contributed by atoms with Gasteiger partial charge in [0.2, 0.25) is 0 Å². The minimum Gasteiger partial charge on any atom is -0.271 e. The highest BCUT2D eigenvalue weighted by molar-refractivity contribution is 9.10. The number of thiophene rings is 1. The van der Waals surface area contributed by atoms with Gasteiger partial charge in [0.1, 0.15) is 0 Å². The van der Waals surface area contributed by atoms with Crippen LogP contribution in [-0.2, 0) is 9.84 Å². The summed E-state index contributed by atoms with van der Waals surface area (Å²) in [6, 6.07) is 6.54. The SMILES string of the molecule is CS(=O)(=O)c1cccc(C(NN)c2cscc2Br)c1. The van der Waals surface area contributed by atoms with Crippen LogP contribution in [0.4, 0.5) is 0 Å². The van der Waals surface area contributed by atoms with Gasteiger partial charge in [0.05, 0.1) is 10.9 Å². The normalized spacial score (nSPS) is 13.4. The van der Waals surface area contributed by atoms with Gasteiger partial charge in [-0.25, -0.2) is 13.8 Å². The minimum absolute atomic E-state index is 0.248. The third kappa shape index (κ3) is 3.24. The van der Waals surface area contributed by atoms with E-state index in [9.17, 15) is 8.42 Å². The fourth-order valence-corrected chi connectivity index (χ4v) is 4.02. The first-order valence-electron chi connectivity index (χ1n) is 5.41. The van der Waals surface area contributed by atoms with Gasteiger partial charge < -0.3 is 0 Å². The molecule has 1 aromatic heterocycles. The molecule has 1 unspecified atom stereocenters. The zero-order valence-corrected chi connectivity index (χ0v) is 13.3. The fourth-order valence-electron chi connectivity index (χ4n) is 1.79. The first-order chi connectivity index (χ1) is 8.93. The highest BCUT2D eigenvalue weighted by Gasteiger charge is 2.18. The van der Waals surface area contributed by atoms with Crippen molar-refractivity contribution in [3.63, 3.8) is 0 Å². The second-order valence-electron chi connectivity index (χ2n) is 4.12. The number of nitrogens with two attached hydrogens (primary N) is 1. The highest BCUT2D eigenvalue weighted by atomic mass is 79.9. The Bertz CT molecular complexity index is 683. The first-order valence-corrected chi connectivity index (χ1v) is 9.04. The summed E-state index contributed by atoms with van der Waals surface area (Å²) in [6.45, 7) is 0. The Kier molecular flexibility index (Phi) is 4.42. The van der Waals surface area contributed by atoms with Gasteiger partial charge in [-0.2, -0.15) is 11.3 Å². The molecule has 1 aromatic carbocycles. The number of halogens is 1. The predicted octanol–water partition coefficient (Wildman–Crippen LogP) is 2.47. The topological polar surface area (TPSA) is 72.2 Å². The molecule has 1 atom stereocenters. The standard InChI is InChI=1S/C12H13BrN2O2S2/c1-19(16,17)9-4-2-3-8(5-9)12(15-14)10-6-18-7-11(10)13/h2-7,12,15H,14H2,1H3. The lowest BCUT2D eigenvalue weighted by molar-refractivity contribution is 0.600. The van der Waals surface area contributed by atoms with Crippen molar-refractivity contribution < 1.29 is 8.42 Å². The molecular weight excluding hydrogens is 348 g/mol. The van der Waals surface area contributed by atoms with Gasteiger partial charge in [-0.1, -0.05) is 12.1 Å². The van der Waals surface area contributed by atoms with Crippen molar-refractivity contribution in [1.82, 2.24) is 5.43 Å². The van der Waals surface area contributed by atoms with Crippen molar-refractivity contribution in [1.29, 1.82) is 0 Å². The van der Waals surface area contributed by atoms with Crippen LogP contribution in [-0.4, -0.2) is 14.7 Å². The van der Waals surface area contributed by atoms with Crippen molar-refractivity contribution in [2.75, 3.05) is 6.26 Å². The van der Waals surface area contributed by atoms with E-state index in [2.05, 4.69) is 21.4 Å². The molecule has 102 valence electrons. The summed E-state index contributed by atoms with van der Waals surface area (Å²) in [5.41, 5.74) is 4.52. The Balaban J connectivity index is 2.48. The Labute approximate surface area is 124 Å². The summed E-state index contributed by atoms with van der Waals surface area (Å²) in [7, 11) is -3.22. The summed E-state index contributed by atoms with van der Waals surface area (Å²) < 4.78 is 24.1. The van der Waals surface area contributed by atoms with Crippen LogP contribution < -0.4 is 11.3 Å². The average molecular weight is 361 g/mol. The van der Waals surface area contributed by atoms with E-state index in [1.54, 1.807) is 29.5 Å². The van der Waals surface area contributed by atoms with Gasteiger partial charge in [-0.15, -0.1) is 0 Å². The molecule has 4 nitrogen and oxygen atoms in total. The number of rotatable bonds is 4. The molecule has 0 aliphatic rings. The molecule has 7 heteroatoms. The second kappa shape index (κ2) is 5.72. The smallest absolute Gasteiger partial charge is 0.175 e. The van der Waals surface area contributed by atoms with E-state index in [4.69, 9.17) is 5.84 Å². The number of nitrogens with one attached hydrogen (secondary N) is 1. The summed E-state index contributed by atoms with van der Waals surface area (Å²) in [6.07, 6.45) is 1.19. The highest BCUT2D eigenvalue weighted by Crippen LogP contribution is 2.31. The number of hydrogen-bond donors (Lipinski definition) is 2. The molecule has 0 radical (unpaired) electrons. The third-order valence-electron chi connectivity index (χ3n) is 2.74. The predicted molar refractivity (Wildman–Crippen MR) is 80.7 cm³/mol. The van der Waals surface area contributed by atoms with E-state index in [1.807, 2.05) is 16.8 Å². The van der Waals surface area contributed by atoms with Crippen LogP contribution in [0.15, 0.2) is 44.4 Å². The number of hydrogen-bond acceptors (Lipinski definition) is 5. The largest absolute Gasteiger partial charge is 0.271 e. The van der Waals surface area contributed by atoms with Crippen LogP contribution in [0.5, 0.6) is 0 Å². The van der Waals surface area contributed by atoms with Crippen molar-refractivity contribution >= 4 is 37.1 Å².